The van der Waals surface area contributed by atoms with Gasteiger partial charge in [0.2, 0.25) is 11.8 Å². The average molecular weight is 421 g/mol. The molecule has 2 aliphatic heterocycles. The van der Waals surface area contributed by atoms with Gasteiger partial charge in [0, 0.05) is 30.4 Å². The Morgan fingerprint density at radius 2 is 2.00 bits per heavy atom. The Bertz CT molecular complexity index is 1340. The second-order valence-corrected chi connectivity index (χ2v) is 7.23. The van der Waals surface area contributed by atoms with Gasteiger partial charge in [-0.2, -0.15) is 4.52 Å². The molecule has 0 saturated carbocycles. The Labute approximate surface area is 173 Å². The number of amides is 4. The highest BCUT2D eigenvalue weighted by molar-refractivity contribution is 6.07. The summed E-state index contributed by atoms with van der Waals surface area (Å²) in [5.41, 5.74) is 0.661. The number of carbonyl (C=O) groups excluding carboxylic acids is 4. The normalized spacial score (nSPS) is 18.3. The van der Waals surface area contributed by atoms with Gasteiger partial charge in [-0.15, -0.1) is 0 Å². The number of benzene rings is 1. The molecule has 12 nitrogen and oxygen atoms in total. The molecule has 12 heteroatoms. The molecular weight excluding hydrogens is 406 g/mol. The van der Waals surface area contributed by atoms with Gasteiger partial charge in [-0.05, 0) is 30.2 Å². The second kappa shape index (κ2) is 6.86. The number of anilines is 1. The van der Waals surface area contributed by atoms with E-state index >= 15 is 0 Å². The summed E-state index contributed by atoms with van der Waals surface area (Å²) in [4.78, 5) is 70.4. The maximum Gasteiger partial charge on any atom is 0.286 e. The largest absolute Gasteiger partial charge is 0.322 e. The first kappa shape index (κ1) is 18.7. The summed E-state index contributed by atoms with van der Waals surface area (Å²) >= 11 is 0. The van der Waals surface area contributed by atoms with E-state index in [0.29, 0.717) is 16.8 Å². The molecule has 1 fully saturated rings. The topological polar surface area (TPSA) is 159 Å². The number of carbonyl (C=O) groups is 4. The zero-order valence-electron chi connectivity index (χ0n) is 15.9. The molecule has 1 atom stereocenters. The van der Waals surface area contributed by atoms with Crippen LogP contribution in [0.1, 0.15) is 39.1 Å². The number of imide groups is 1. The molecular formula is C19H15N7O5. The molecule has 5 rings (SSSR count). The highest BCUT2D eigenvalue weighted by atomic mass is 16.2. The Morgan fingerprint density at radius 1 is 1.16 bits per heavy atom. The van der Waals surface area contributed by atoms with Crippen molar-refractivity contribution in [2.24, 2.45) is 0 Å². The molecule has 2 aromatic heterocycles. The number of fused-ring (bicyclic) bond motifs is 2. The highest BCUT2D eigenvalue weighted by Gasteiger charge is 2.39. The lowest BCUT2D eigenvalue weighted by Crippen LogP contribution is -2.52. The summed E-state index contributed by atoms with van der Waals surface area (Å²) in [6.07, 6.45) is 2.87. The van der Waals surface area contributed by atoms with Crippen LogP contribution < -0.4 is 16.2 Å². The summed E-state index contributed by atoms with van der Waals surface area (Å²) in [5.74, 6) is -1.67. The van der Waals surface area contributed by atoms with Gasteiger partial charge in [0.05, 0.1) is 0 Å². The van der Waals surface area contributed by atoms with Gasteiger partial charge >= 0.3 is 0 Å². The molecule has 1 aromatic carbocycles. The summed E-state index contributed by atoms with van der Waals surface area (Å²) in [6.45, 7) is 0.175. The molecule has 2 aliphatic rings. The SMILES string of the molecule is O=C1CCC(N2Cc3cc(NC(=O)c4cnc5nc[nH]n5c4=O)ccc3C2=O)C(=O)N1. The van der Waals surface area contributed by atoms with Crippen molar-refractivity contribution in [3.05, 3.63) is 57.8 Å². The number of hydrogen-bond donors (Lipinski definition) is 3. The van der Waals surface area contributed by atoms with Crippen LogP contribution in [0.2, 0.25) is 0 Å². The number of nitrogens with one attached hydrogen (secondary N) is 3. The van der Waals surface area contributed by atoms with E-state index in [-0.39, 0.29) is 42.5 Å². The molecule has 3 N–H and O–H groups in total. The first-order chi connectivity index (χ1) is 14.9. The van der Waals surface area contributed by atoms with Crippen molar-refractivity contribution >= 4 is 35.1 Å². The van der Waals surface area contributed by atoms with Gasteiger partial charge in [-0.1, -0.05) is 0 Å². The molecule has 0 bridgehead atoms. The van der Waals surface area contributed by atoms with Crippen molar-refractivity contribution in [3.8, 4) is 0 Å². The number of piperidine rings is 1. The van der Waals surface area contributed by atoms with Gasteiger partial charge in [0.25, 0.3) is 23.2 Å². The lowest BCUT2D eigenvalue weighted by atomic mass is 10.0. The van der Waals surface area contributed by atoms with E-state index in [1.54, 1.807) is 18.2 Å². The van der Waals surface area contributed by atoms with Crippen molar-refractivity contribution in [1.82, 2.24) is 29.8 Å². The van der Waals surface area contributed by atoms with E-state index in [2.05, 4.69) is 25.7 Å². The zero-order chi connectivity index (χ0) is 21.7. The van der Waals surface area contributed by atoms with Crippen LogP contribution in [-0.4, -0.2) is 54.2 Å². The van der Waals surface area contributed by atoms with E-state index in [4.69, 9.17) is 0 Å². The highest BCUT2D eigenvalue weighted by Crippen LogP contribution is 2.29. The molecule has 4 heterocycles. The Morgan fingerprint density at radius 3 is 2.81 bits per heavy atom. The Balaban J connectivity index is 1.37. The quantitative estimate of drug-likeness (QED) is 0.478. The number of aromatic nitrogens is 4. The zero-order valence-corrected chi connectivity index (χ0v) is 15.9. The van der Waals surface area contributed by atoms with Crippen LogP contribution in [0.5, 0.6) is 0 Å². The smallest absolute Gasteiger partial charge is 0.286 e. The van der Waals surface area contributed by atoms with Crippen LogP contribution >= 0.6 is 0 Å². The van der Waals surface area contributed by atoms with E-state index in [9.17, 15) is 24.0 Å². The Hall–Kier alpha value is -4.35. The van der Waals surface area contributed by atoms with Crippen LogP contribution in [0.15, 0.2) is 35.5 Å². The van der Waals surface area contributed by atoms with Crippen molar-refractivity contribution in [2.75, 3.05) is 5.32 Å². The maximum absolute atomic E-state index is 12.7. The van der Waals surface area contributed by atoms with Crippen LogP contribution in [0.25, 0.3) is 5.78 Å². The standard InChI is InChI=1S/C19H15N7O5/c27-14-4-3-13(16(29)24-14)25-7-9-5-10(1-2-11(9)17(25)30)23-15(28)12-6-20-19-21-8-22-26(19)18(12)31/h1-2,5-6,8,13H,3-4,7H2,(H,23,28)(H,20,21,22)(H,24,27,29). The summed E-state index contributed by atoms with van der Waals surface area (Å²) in [5, 5.41) is 7.46. The molecule has 1 unspecified atom stereocenters. The summed E-state index contributed by atoms with van der Waals surface area (Å²) in [6, 6.07) is 4.00. The minimum Gasteiger partial charge on any atom is -0.322 e. The van der Waals surface area contributed by atoms with Crippen LogP contribution in [0.3, 0.4) is 0 Å². The molecule has 156 valence electrons. The minimum absolute atomic E-state index is 0.145. The predicted molar refractivity (Wildman–Crippen MR) is 104 cm³/mol. The van der Waals surface area contributed by atoms with Gasteiger partial charge in [-0.3, -0.25) is 34.4 Å². The third kappa shape index (κ3) is 3.04. The lowest BCUT2D eigenvalue weighted by Gasteiger charge is -2.29. The van der Waals surface area contributed by atoms with E-state index in [1.807, 2.05) is 0 Å². The number of H-pyrrole nitrogens is 1. The fourth-order valence-electron chi connectivity index (χ4n) is 3.80. The molecule has 4 amide bonds. The van der Waals surface area contributed by atoms with Crippen LogP contribution in [-0.2, 0) is 16.1 Å². The fraction of sp³-hybridized carbons (Fsp3) is 0.211. The molecule has 0 aliphatic carbocycles. The van der Waals surface area contributed by atoms with Gasteiger partial charge in [0.1, 0.15) is 17.9 Å². The molecule has 1 saturated heterocycles. The molecule has 0 spiro atoms. The van der Waals surface area contributed by atoms with Crippen molar-refractivity contribution in [3.63, 3.8) is 0 Å². The van der Waals surface area contributed by atoms with E-state index in [1.165, 1.54) is 11.2 Å². The first-order valence-electron chi connectivity index (χ1n) is 9.42. The number of rotatable bonds is 3. The van der Waals surface area contributed by atoms with Crippen molar-refractivity contribution in [1.29, 1.82) is 0 Å². The second-order valence-electron chi connectivity index (χ2n) is 7.23. The number of nitrogens with zero attached hydrogens (tertiary/aromatic N) is 4. The van der Waals surface area contributed by atoms with Crippen LogP contribution in [0.4, 0.5) is 5.69 Å². The van der Waals surface area contributed by atoms with Crippen molar-refractivity contribution in [2.45, 2.75) is 25.4 Å². The monoisotopic (exact) mass is 421 g/mol. The molecule has 31 heavy (non-hydrogen) atoms. The lowest BCUT2D eigenvalue weighted by molar-refractivity contribution is -0.136. The number of aromatic amines is 1. The maximum atomic E-state index is 12.7. The predicted octanol–water partition coefficient (Wildman–Crippen LogP) is -0.569. The van der Waals surface area contributed by atoms with Crippen LogP contribution in [0, 0.1) is 0 Å². The summed E-state index contributed by atoms with van der Waals surface area (Å²) < 4.78 is 1.05. The van der Waals surface area contributed by atoms with E-state index < -0.39 is 23.4 Å². The van der Waals surface area contributed by atoms with Crippen molar-refractivity contribution < 1.29 is 19.2 Å². The first-order valence-corrected chi connectivity index (χ1v) is 9.42. The number of hydrogen-bond acceptors (Lipinski definition) is 7. The third-order valence-electron chi connectivity index (χ3n) is 5.34. The van der Waals surface area contributed by atoms with E-state index in [0.717, 1.165) is 10.7 Å². The molecule has 0 radical (unpaired) electrons. The Kier molecular flexibility index (Phi) is 4.13. The van der Waals surface area contributed by atoms with Gasteiger partial charge < -0.3 is 10.2 Å². The van der Waals surface area contributed by atoms with Gasteiger partial charge in [-0.25, -0.2) is 9.97 Å². The minimum atomic E-state index is -0.720. The fourth-order valence-corrected chi connectivity index (χ4v) is 3.80. The third-order valence-corrected chi connectivity index (χ3v) is 5.34. The van der Waals surface area contributed by atoms with Gasteiger partial charge in [0.15, 0.2) is 0 Å². The summed E-state index contributed by atoms with van der Waals surface area (Å²) in [7, 11) is 0. The molecule has 3 aromatic rings. The average Bonchev–Trinajstić information content (AvgIpc) is 3.33.